The van der Waals surface area contributed by atoms with E-state index in [4.69, 9.17) is 5.73 Å². The van der Waals surface area contributed by atoms with Gasteiger partial charge < -0.3 is 10.6 Å². The zero-order valence-electron chi connectivity index (χ0n) is 13.9. The van der Waals surface area contributed by atoms with E-state index >= 15 is 0 Å². The summed E-state index contributed by atoms with van der Waals surface area (Å²) in [5.74, 6) is 0.357. The Labute approximate surface area is 133 Å². The highest BCUT2D eigenvalue weighted by molar-refractivity contribution is 7.91. The fourth-order valence-electron chi connectivity index (χ4n) is 3.57. The number of carbonyl (C=O) groups is 1. The van der Waals surface area contributed by atoms with Crippen LogP contribution in [0.3, 0.4) is 0 Å². The first-order chi connectivity index (χ1) is 10.2. The van der Waals surface area contributed by atoms with Crippen molar-refractivity contribution >= 4 is 15.7 Å². The van der Waals surface area contributed by atoms with Crippen molar-refractivity contribution in [2.45, 2.75) is 45.7 Å². The highest BCUT2D eigenvalue weighted by Gasteiger charge is 2.40. The molecule has 2 aliphatic rings. The first-order valence-electron chi connectivity index (χ1n) is 8.16. The minimum Gasteiger partial charge on any atom is -0.338 e. The number of nitrogens with two attached hydrogens (primary N) is 1. The zero-order valence-corrected chi connectivity index (χ0v) is 14.7. The molecule has 0 spiro atoms. The largest absolute Gasteiger partial charge is 0.338 e. The topological polar surface area (TPSA) is 83.7 Å². The predicted octanol–water partition coefficient (Wildman–Crippen LogP) is 0.0812. The van der Waals surface area contributed by atoms with Gasteiger partial charge in [0.05, 0.1) is 17.5 Å². The van der Waals surface area contributed by atoms with Crippen molar-refractivity contribution in [2.75, 3.05) is 37.7 Å². The third-order valence-corrected chi connectivity index (χ3v) is 7.01. The molecule has 2 fully saturated rings. The van der Waals surface area contributed by atoms with Crippen molar-refractivity contribution in [3.8, 4) is 0 Å². The number of likely N-dealkylation sites (N-methyl/N-ethyl adjacent to an activating group) is 1. The summed E-state index contributed by atoms with van der Waals surface area (Å²) in [7, 11) is -2.98. The summed E-state index contributed by atoms with van der Waals surface area (Å²) in [5.41, 5.74) is 5.92. The molecule has 0 aliphatic carbocycles. The van der Waals surface area contributed by atoms with Crippen LogP contribution in [-0.4, -0.2) is 73.9 Å². The molecule has 0 aromatic rings. The van der Waals surface area contributed by atoms with Crippen LogP contribution in [0.2, 0.25) is 0 Å². The summed E-state index contributed by atoms with van der Waals surface area (Å²) in [5, 5.41) is 0. The van der Waals surface area contributed by atoms with Gasteiger partial charge in [-0.3, -0.25) is 9.69 Å². The molecule has 3 unspecified atom stereocenters. The van der Waals surface area contributed by atoms with Crippen LogP contribution in [-0.2, 0) is 14.6 Å². The number of carbonyl (C=O) groups excluding carboxylic acids is 1. The number of hydrogen-bond donors (Lipinski definition) is 1. The Balaban J connectivity index is 2.03. The molecule has 0 bridgehead atoms. The number of likely N-dealkylation sites (tertiary alicyclic amines) is 1. The number of sulfone groups is 1. The van der Waals surface area contributed by atoms with Gasteiger partial charge >= 0.3 is 0 Å². The third kappa shape index (κ3) is 3.63. The molecule has 3 atom stereocenters. The van der Waals surface area contributed by atoms with Gasteiger partial charge in [0.2, 0.25) is 5.91 Å². The minimum absolute atomic E-state index is 0.0471. The number of rotatable bonds is 5. The second-order valence-electron chi connectivity index (χ2n) is 7.09. The number of hydrogen-bond acceptors (Lipinski definition) is 5. The smallest absolute Gasteiger partial charge is 0.239 e. The second kappa shape index (κ2) is 6.45. The van der Waals surface area contributed by atoms with Crippen LogP contribution in [0.4, 0.5) is 0 Å². The van der Waals surface area contributed by atoms with Gasteiger partial charge in [0.25, 0.3) is 0 Å². The first-order valence-corrected chi connectivity index (χ1v) is 9.98. The van der Waals surface area contributed by atoms with Gasteiger partial charge in [0.1, 0.15) is 0 Å². The molecule has 2 rings (SSSR count). The highest BCUT2D eigenvalue weighted by Crippen LogP contribution is 2.30. The summed E-state index contributed by atoms with van der Waals surface area (Å²) in [6, 6.07) is -0.370. The quantitative estimate of drug-likeness (QED) is 0.771. The number of nitrogens with zero attached hydrogens (tertiary/aromatic N) is 2. The lowest BCUT2D eigenvalue weighted by atomic mass is 9.90. The molecule has 6 nitrogen and oxygen atoms in total. The van der Waals surface area contributed by atoms with Crippen LogP contribution >= 0.6 is 0 Å². The van der Waals surface area contributed by atoms with Crippen molar-refractivity contribution in [1.29, 1.82) is 0 Å². The molecular formula is C15H29N3O3S. The summed E-state index contributed by atoms with van der Waals surface area (Å²) >= 11 is 0. The van der Waals surface area contributed by atoms with Gasteiger partial charge in [-0.25, -0.2) is 8.42 Å². The summed E-state index contributed by atoms with van der Waals surface area (Å²) < 4.78 is 23.3. The van der Waals surface area contributed by atoms with Crippen LogP contribution in [0.1, 0.15) is 33.6 Å². The molecule has 2 aliphatic heterocycles. The molecule has 2 N–H and O–H groups in total. The van der Waals surface area contributed by atoms with E-state index in [0.29, 0.717) is 19.5 Å². The highest BCUT2D eigenvalue weighted by atomic mass is 32.2. The molecule has 1 amide bonds. The Morgan fingerprint density at radius 1 is 1.50 bits per heavy atom. The normalized spacial score (nSPS) is 33.0. The fraction of sp³-hybridized carbons (Fsp3) is 0.933. The van der Waals surface area contributed by atoms with Crippen LogP contribution in [0.25, 0.3) is 0 Å². The lowest BCUT2D eigenvalue weighted by Gasteiger charge is -2.33. The Morgan fingerprint density at radius 3 is 2.64 bits per heavy atom. The van der Waals surface area contributed by atoms with E-state index in [2.05, 4.69) is 11.8 Å². The van der Waals surface area contributed by atoms with Gasteiger partial charge in [-0.05, 0) is 45.2 Å². The van der Waals surface area contributed by atoms with E-state index in [1.807, 2.05) is 13.8 Å². The van der Waals surface area contributed by atoms with Crippen molar-refractivity contribution < 1.29 is 13.2 Å². The standard InChI is InChI=1S/C15H29N3O3S/c1-4-18(13-5-8-22(20,21)9-13)14(19)12(2)17-7-6-15(3,10-16)11-17/h12-13H,4-11,16H2,1-3H3. The maximum Gasteiger partial charge on any atom is 0.239 e. The lowest BCUT2D eigenvalue weighted by Crippen LogP contribution is -2.51. The molecule has 7 heteroatoms. The van der Waals surface area contributed by atoms with Crippen molar-refractivity contribution in [3.63, 3.8) is 0 Å². The van der Waals surface area contributed by atoms with Gasteiger partial charge in [-0.1, -0.05) is 6.92 Å². The molecule has 0 aromatic heterocycles. The maximum absolute atomic E-state index is 12.8. The van der Waals surface area contributed by atoms with E-state index in [1.165, 1.54) is 0 Å². The molecule has 128 valence electrons. The van der Waals surface area contributed by atoms with E-state index in [0.717, 1.165) is 19.5 Å². The van der Waals surface area contributed by atoms with Gasteiger partial charge in [-0.15, -0.1) is 0 Å². The summed E-state index contributed by atoms with van der Waals surface area (Å²) in [6.45, 7) is 8.90. The van der Waals surface area contributed by atoms with E-state index in [9.17, 15) is 13.2 Å². The molecule has 0 aromatic carbocycles. The van der Waals surface area contributed by atoms with E-state index in [1.54, 1.807) is 4.90 Å². The van der Waals surface area contributed by atoms with Crippen LogP contribution < -0.4 is 5.73 Å². The Kier molecular flexibility index (Phi) is 5.19. The van der Waals surface area contributed by atoms with Crippen LogP contribution in [0.5, 0.6) is 0 Å². The number of amides is 1. The average molecular weight is 331 g/mol. The van der Waals surface area contributed by atoms with Gasteiger partial charge in [0.15, 0.2) is 9.84 Å². The van der Waals surface area contributed by atoms with Crippen molar-refractivity contribution in [2.24, 2.45) is 11.1 Å². The van der Waals surface area contributed by atoms with Gasteiger partial charge in [0, 0.05) is 19.1 Å². The van der Waals surface area contributed by atoms with Crippen molar-refractivity contribution in [3.05, 3.63) is 0 Å². The SMILES string of the molecule is CCN(C(=O)C(C)N1CCC(C)(CN)C1)C1CCS(=O)(=O)C1. The summed E-state index contributed by atoms with van der Waals surface area (Å²) in [4.78, 5) is 16.8. The third-order valence-electron chi connectivity index (χ3n) is 5.26. The molecule has 0 radical (unpaired) electrons. The summed E-state index contributed by atoms with van der Waals surface area (Å²) in [6.07, 6.45) is 1.57. The minimum atomic E-state index is -2.98. The molecule has 2 saturated heterocycles. The second-order valence-corrected chi connectivity index (χ2v) is 9.32. The zero-order chi connectivity index (χ0) is 16.5. The maximum atomic E-state index is 12.8. The van der Waals surface area contributed by atoms with E-state index < -0.39 is 9.84 Å². The monoisotopic (exact) mass is 331 g/mol. The lowest BCUT2D eigenvalue weighted by molar-refractivity contribution is -0.137. The predicted molar refractivity (Wildman–Crippen MR) is 87.3 cm³/mol. The van der Waals surface area contributed by atoms with E-state index in [-0.39, 0.29) is 34.9 Å². The fourth-order valence-corrected chi connectivity index (χ4v) is 5.30. The molecule has 0 saturated carbocycles. The van der Waals surface area contributed by atoms with Crippen LogP contribution in [0, 0.1) is 5.41 Å². The molecule has 22 heavy (non-hydrogen) atoms. The van der Waals surface area contributed by atoms with Crippen LogP contribution in [0.15, 0.2) is 0 Å². The Hall–Kier alpha value is -0.660. The van der Waals surface area contributed by atoms with Crippen molar-refractivity contribution in [1.82, 2.24) is 9.80 Å². The first kappa shape index (κ1) is 17.7. The molecule has 2 heterocycles. The Morgan fingerprint density at radius 2 is 2.18 bits per heavy atom. The molecular weight excluding hydrogens is 302 g/mol. The average Bonchev–Trinajstić information content (AvgIpc) is 3.03. The Bertz CT molecular complexity index is 522. The van der Waals surface area contributed by atoms with Gasteiger partial charge in [-0.2, -0.15) is 0 Å².